The number of rotatable bonds is 3. The van der Waals surface area contributed by atoms with Crippen LogP contribution in [0.15, 0.2) is 18.2 Å². The van der Waals surface area contributed by atoms with Crippen LogP contribution in [0.3, 0.4) is 0 Å². The number of phenolic OH excluding ortho intramolecular Hbond substituents is 1. The minimum absolute atomic E-state index is 0.0211. The monoisotopic (exact) mass is 276 g/mol. The number of hydrogen-bond donors (Lipinski definition) is 1. The highest BCUT2D eigenvalue weighted by atomic mass is 79.9. The third-order valence-corrected chi connectivity index (χ3v) is 2.69. The maximum Gasteiger partial charge on any atom is 0.184 e. The molecule has 76 valence electrons. The second-order valence-electron chi connectivity index (χ2n) is 2.97. The van der Waals surface area contributed by atoms with Gasteiger partial charge in [0.1, 0.15) is 5.75 Å². The molecule has 2 nitrogen and oxygen atoms in total. The van der Waals surface area contributed by atoms with Gasteiger partial charge in [0.25, 0.3) is 0 Å². The number of ketones is 1. The molecule has 1 atom stereocenters. The molecule has 0 aliphatic rings. The summed E-state index contributed by atoms with van der Waals surface area (Å²) < 4.78 is 0. The first-order valence-corrected chi connectivity index (χ1v) is 5.68. The SMILES string of the molecule is CC(Cl)C(=O)c1cc(CBr)ccc1O. The van der Waals surface area contributed by atoms with Crippen molar-refractivity contribution in [3.8, 4) is 5.75 Å². The number of phenols is 1. The summed E-state index contributed by atoms with van der Waals surface area (Å²) in [5.74, 6) is -0.279. The number of benzene rings is 1. The van der Waals surface area contributed by atoms with Crippen LogP contribution < -0.4 is 0 Å². The molecule has 1 N–H and O–H groups in total. The first kappa shape index (κ1) is 11.5. The third kappa shape index (κ3) is 2.49. The van der Waals surface area contributed by atoms with Crippen molar-refractivity contribution in [2.45, 2.75) is 17.6 Å². The summed E-state index contributed by atoms with van der Waals surface area (Å²) >= 11 is 8.93. The van der Waals surface area contributed by atoms with Gasteiger partial charge < -0.3 is 5.11 Å². The lowest BCUT2D eigenvalue weighted by atomic mass is 10.0. The molecule has 0 amide bonds. The third-order valence-electron chi connectivity index (χ3n) is 1.84. The molecule has 0 spiro atoms. The lowest BCUT2D eigenvalue weighted by molar-refractivity contribution is 0.0989. The number of halogens is 2. The van der Waals surface area contributed by atoms with Crippen LogP contribution in [0.5, 0.6) is 5.75 Å². The number of hydrogen-bond acceptors (Lipinski definition) is 2. The standard InChI is InChI=1S/C10H10BrClO2/c1-6(12)10(14)8-4-7(5-11)2-3-9(8)13/h2-4,6,13H,5H2,1H3. The first-order valence-electron chi connectivity index (χ1n) is 4.12. The fraction of sp³-hybridized carbons (Fsp3) is 0.300. The van der Waals surface area contributed by atoms with E-state index in [-0.39, 0.29) is 17.1 Å². The topological polar surface area (TPSA) is 37.3 Å². The molecule has 4 heteroatoms. The minimum Gasteiger partial charge on any atom is -0.507 e. The van der Waals surface area contributed by atoms with Crippen molar-refractivity contribution >= 4 is 33.3 Å². The Kier molecular flexibility index (Phi) is 3.96. The lowest BCUT2D eigenvalue weighted by Crippen LogP contribution is -2.10. The van der Waals surface area contributed by atoms with Crippen molar-refractivity contribution < 1.29 is 9.90 Å². The number of aromatic hydroxyl groups is 1. The summed E-state index contributed by atoms with van der Waals surface area (Å²) in [6, 6.07) is 4.90. The zero-order valence-electron chi connectivity index (χ0n) is 7.63. The van der Waals surface area contributed by atoms with E-state index in [0.717, 1.165) is 5.56 Å². The Balaban J connectivity index is 3.12. The Bertz CT molecular complexity index is 350. The zero-order chi connectivity index (χ0) is 10.7. The fourth-order valence-electron chi connectivity index (χ4n) is 1.08. The van der Waals surface area contributed by atoms with Gasteiger partial charge in [-0.05, 0) is 24.6 Å². The second-order valence-corrected chi connectivity index (χ2v) is 4.18. The smallest absolute Gasteiger partial charge is 0.184 e. The van der Waals surface area contributed by atoms with Gasteiger partial charge in [0.05, 0.1) is 10.9 Å². The first-order chi connectivity index (χ1) is 6.56. The fourth-order valence-corrected chi connectivity index (χ4v) is 1.54. The summed E-state index contributed by atoms with van der Waals surface area (Å²) in [5, 5.41) is 9.48. The van der Waals surface area contributed by atoms with Crippen LogP contribution in [-0.2, 0) is 5.33 Å². The molecule has 0 heterocycles. The number of carbonyl (C=O) groups is 1. The Labute approximate surface area is 96.0 Å². The number of carbonyl (C=O) groups excluding carboxylic acids is 1. The van der Waals surface area contributed by atoms with Gasteiger partial charge >= 0.3 is 0 Å². The van der Waals surface area contributed by atoms with Crippen LogP contribution >= 0.6 is 27.5 Å². The minimum atomic E-state index is -0.619. The van der Waals surface area contributed by atoms with Crippen LogP contribution in [0.4, 0.5) is 0 Å². The van der Waals surface area contributed by atoms with E-state index in [0.29, 0.717) is 5.33 Å². The van der Waals surface area contributed by atoms with E-state index in [9.17, 15) is 9.90 Å². The van der Waals surface area contributed by atoms with Gasteiger partial charge in [-0.2, -0.15) is 0 Å². The molecule has 0 radical (unpaired) electrons. The molecule has 1 aromatic carbocycles. The van der Waals surface area contributed by atoms with E-state index < -0.39 is 5.38 Å². The van der Waals surface area contributed by atoms with Crippen molar-refractivity contribution in [3.63, 3.8) is 0 Å². The molecule has 0 aromatic heterocycles. The quantitative estimate of drug-likeness (QED) is 0.681. The highest BCUT2D eigenvalue weighted by Crippen LogP contribution is 2.22. The van der Waals surface area contributed by atoms with Crippen molar-refractivity contribution in [2.75, 3.05) is 0 Å². The van der Waals surface area contributed by atoms with Gasteiger partial charge in [-0.15, -0.1) is 11.6 Å². The highest BCUT2D eigenvalue weighted by molar-refractivity contribution is 9.08. The average molecular weight is 278 g/mol. The van der Waals surface area contributed by atoms with E-state index in [1.807, 2.05) is 0 Å². The molecule has 0 saturated carbocycles. The predicted octanol–water partition coefficient (Wildman–Crippen LogP) is 3.10. The molecule has 14 heavy (non-hydrogen) atoms. The summed E-state index contributed by atoms with van der Waals surface area (Å²) in [6.07, 6.45) is 0. The van der Waals surface area contributed by atoms with Gasteiger partial charge in [0, 0.05) is 5.33 Å². The van der Waals surface area contributed by atoms with E-state index >= 15 is 0 Å². The average Bonchev–Trinajstić information content (AvgIpc) is 2.17. The zero-order valence-corrected chi connectivity index (χ0v) is 9.97. The Morgan fingerprint density at radius 2 is 2.29 bits per heavy atom. The maximum atomic E-state index is 11.5. The summed E-state index contributed by atoms with van der Waals surface area (Å²) in [6.45, 7) is 1.59. The molecule has 0 aliphatic heterocycles. The molecular formula is C10H10BrClO2. The molecular weight excluding hydrogens is 267 g/mol. The van der Waals surface area contributed by atoms with E-state index in [4.69, 9.17) is 11.6 Å². The van der Waals surface area contributed by atoms with Crippen LogP contribution in [0.25, 0.3) is 0 Å². The summed E-state index contributed by atoms with van der Waals surface area (Å²) in [4.78, 5) is 11.5. The normalized spacial score (nSPS) is 12.5. The number of alkyl halides is 2. The second kappa shape index (κ2) is 4.80. The molecule has 0 fully saturated rings. The molecule has 0 bridgehead atoms. The summed E-state index contributed by atoms with van der Waals surface area (Å²) in [5.41, 5.74) is 1.22. The Morgan fingerprint density at radius 3 is 2.79 bits per heavy atom. The van der Waals surface area contributed by atoms with Crippen LogP contribution in [0, 0.1) is 0 Å². The van der Waals surface area contributed by atoms with Crippen molar-refractivity contribution in [2.24, 2.45) is 0 Å². The highest BCUT2D eigenvalue weighted by Gasteiger charge is 2.16. The predicted molar refractivity (Wildman–Crippen MR) is 60.4 cm³/mol. The van der Waals surface area contributed by atoms with Crippen LogP contribution in [-0.4, -0.2) is 16.3 Å². The summed E-state index contributed by atoms with van der Waals surface area (Å²) in [7, 11) is 0. The van der Waals surface area contributed by atoms with E-state index in [1.54, 1.807) is 19.1 Å². The molecule has 1 unspecified atom stereocenters. The van der Waals surface area contributed by atoms with E-state index in [2.05, 4.69) is 15.9 Å². The van der Waals surface area contributed by atoms with Crippen LogP contribution in [0.1, 0.15) is 22.8 Å². The van der Waals surface area contributed by atoms with Gasteiger partial charge in [-0.3, -0.25) is 4.79 Å². The largest absolute Gasteiger partial charge is 0.507 e. The molecule has 1 aromatic rings. The van der Waals surface area contributed by atoms with Gasteiger partial charge in [-0.25, -0.2) is 0 Å². The molecule has 0 saturated heterocycles. The van der Waals surface area contributed by atoms with Crippen molar-refractivity contribution in [1.29, 1.82) is 0 Å². The molecule has 1 rings (SSSR count). The van der Waals surface area contributed by atoms with Gasteiger partial charge in [-0.1, -0.05) is 22.0 Å². The number of Topliss-reactive ketones (excluding diaryl/α,β-unsaturated/α-hetero) is 1. The lowest BCUT2D eigenvalue weighted by Gasteiger charge is -2.06. The van der Waals surface area contributed by atoms with Crippen molar-refractivity contribution in [1.82, 2.24) is 0 Å². The van der Waals surface area contributed by atoms with Crippen LogP contribution in [0.2, 0.25) is 0 Å². The van der Waals surface area contributed by atoms with Crippen molar-refractivity contribution in [3.05, 3.63) is 29.3 Å². The Morgan fingerprint density at radius 1 is 1.64 bits per heavy atom. The molecule has 0 aliphatic carbocycles. The van der Waals surface area contributed by atoms with Gasteiger partial charge in [0.2, 0.25) is 0 Å². The maximum absolute atomic E-state index is 11.5. The Hall–Kier alpha value is -0.540. The van der Waals surface area contributed by atoms with E-state index in [1.165, 1.54) is 6.07 Å². The van der Waals surface area contributed by atoms with Gasteiger partial charge in [0.15, 0.2) is 5.78 Å².